The Bertz CT molecular complexity index is 832. The van der Waals surface area contributed by atoms with E-state index in [2.05, 4.69) is 20.5 Å². The molecule has 0 bridgehead atoms. The van der Waals surface area contributed by atoms with Gasteiger partial charge in [0.2, 0.25) is 0 Å². The Morgan fingerprint density at radius 3 is 2.80 bits per heavy atom. The number of nitrogens with two attached hydrogens (primary N) is 1. The minimum absolute atomic E-state index is 0.000488. The van der Waals surface area contributed by atoms with Gasteiger partial charge in [-0.3, -0.25) is 4.84 Å². The van der Waals surface area contributed by atoms with Gasteiger partial charge >= 0.3 is 5.97 Å². The van der Waals surface area contributed by atoms with Crippen molar-refractivity contribution in [3.8, 4) is 0 Å². The predicted molar refractivity (Wildman–Crippen MR) is 112 cm³/mol. The maximum Gasteiger partial charge on any atom is 0.334 e. The lowest BCUT2D eigenvalue weighted by Crippen LogP contribution is -2.27. The van der Waals surface area contributed by atoms with Crippen LogP contribution in [-0.4, -0.2) is 26.7 Å². The van der Waals surface area contributed by atoms with E-state index in [1.165, 1.54) is 30.9 Å². The fourth-order valence-corrected chi connectivity index (χ4v) is 4.40. The second kappa shape index (κ2) is 11.0. The van der Waals surface area contributed by atoms with E-state index in [-0.39, 0.29) is 11.9 Å². The van der Waals surface area contributed by atoms with Gasteiger partial charge in [-0.1, -0.05) is 37.5 Å². The largest absolute Gasteiger partial charge is 0.479 e. The minimum atomic E-state index is -1.06. The Kier molecular flexibility index (Phi) is 8.16. The Labute approximate surface area is 176 Å². The molecule has 30 heavy (non-hydrogen) atoms. The van der Waals surface area contributed by atoms with E-state index in [1.807, 2.05) is 12.3 Å². The zero-order valence-electron chi connectivity index (χ0n) is 17.1. The number of allylic oxidation sites excluding steroid dienone is 2. The van der Waals surface area contributed by atoms with Gasteiger partial charge in [-0.2, -0.15) is 0 Å². The summed E-state index contributed by atoms with van der Waals surface area (Å²) in [4.78, 5) is 20.0. The maximum atomic E-state index is 13.8. The smallest absolute Gasteiger partial charge is 0.334 e. The first-order chi connectivity index (χ1) is 14.6. The molecule has 6 nitrogen and oxygen atoms in total. The van der Waals surface area contributed by atoms with Gasteiger partial charge in [-0.05, 0) is 61.3 Å². The number of hydrogen-bond donors (Lipinski definition) is 2. The van der Waals surface area contributed by atoms with Crippen LogP contribution in [0.2, 0.25) is 0 Å². The van der Waals surface area contributed by atoms with E-state index >= 15 is 0 Å². The van der Waals surface area contributed by atoms with Crippen LogP contribution in [0.25, 0.3) is 0 Å². The first-order valence-electron chi connectivity index (χ1n) is 10.6. The molecular weight excluding hydrogens is 385 g/mol. The molecule has 1 aromatic carbocycles. The third-order valence-electron chi connectivity index (χ3n) is 5.91. The molecule has 0 saturated heterocycles. The first kappa shape index (κ1) is 22.2. The van der Waals surface area contributed by atoms with Gasteiger partial charge in [0, 0.05) is 12.4 Å². The van der Waals surface area contributed by atoms with Crippen LogP contribution in [0, 0.1) is 11.7 Å². The van der Waals surface area contributed by atoms with Crippen LogP contribution in [-0.2, 0) is 16.1 Å². The van der Waals surface area contributed by atoms with Crippen LogP contribution >= 0.6 is 0 Å². The van der Waals surface area contributed by atoms with E-state index in [4.69, 9.17) is 5.90 Å². The van der Waals surface area contributed by atoms with Crippen LogP contribution in [0.15, 0.2) is 54.6 Å². The first-order valence-corrected chi connectivity index (χ1v) is 10.6. The molecule has 1 aliphatic rings. The second-order valence-electron chi connectivity index (χ2n) is 7.94. The summed E-state index contributed by atoms with van der Waals surface area (Å²) in [5.41, 5.74) is 2.18. The molecular formula is C23H30FN3O3. The summed E-state index contributed by atoms with van der Waals surface area (Å²) in [5.74, 6) is 4.25. The number of nitrogens with zero attached hydrogens (tertiary/aromatic N) is 2. The van der Waals surface area contributed by atoms with Crippen LogP contribution in [0.1, 0.15) is 56.6 Å². The number of hydrogen-bond acceptors (Lipinski definition) is 4. The molecule has 0 radical (unpaired) electrons. The number of carbonyl (C=O) groups is 1. The monoisotopic (exact) mass is 415 g/mol. The molecule has 3 N–H and O–H groups in total. The van der Waals surface area contributed by atoms with Crippen LogP contribution < -0.4 is 5.90 Å². The van der Waals surface area contributed by atoms with Crippen LogP contribution in [0.4, 0.5) is 4.39 Å². The number of aliphatic carboxylic acids is 1. The molecule has 1 saturated carbocycles. The number of benzene rings is 1. The normalized spacial score (nSPS) is 17.6. The lowest BCUT2D eigenvalue weighted by atomic mass is 9.79. The fourth-order valence-electron chi connectivity index (χ4n) is 4.40. The third-order valence-corrected chi connectivity index (χ3v) is 5.91. The molecule has 0 amide bonds. The van der Waals surface area contributed by atoms with Gasteiger partial charge in [0.05, 0.1) is 12.4 Å². The number of imidazole rings is 1. The highest BCUT2D eigenvalue weighted by atomic mass is 19.1. The Morgan fingerprint density at radius 2 is 2.17 bits per heavy atom. The van der Waals surface area contributed by atoms with E-state index < -0.39 is 12.1 Å². The standard InChI is InChI=1S/C23H30FN3O3/c24-19-9-4-6-17(14-19)15-21(27-13-12-26-16-27)20(18-7-2-1-3-8-18)10-5-11-22(30-25)23(28)29/h4,6,9-10,12-14,16,18,21-22H,1-3,5,7-8,11,15,25H2,(H,28,29). The predicted octanol–water partition coefficient (Wildman–Crippen LogP) is 4.44. The SMILES string of the molecule is NOC(CCC=C(C1CCCCC1)C(Cc1cccc(F)c1)n1ccnc1)C(=O)O. The minimum Gasteiger partial charge on any atom is -0.479 e. The van der Waals surface area contributed by atoms with E-state index in [0.717, 1.165) is 18.4 Å². The molecule has 3 rings (SSSR count). The van der Waals surface area contributed by atoms with Crippen LogP contribution in [0.5, 0.6) is 0 Å². The number of carboxylic acids is 1. The zero-order chi connectivity index (χ0) is 21.3. The number of carboxylic acid groups (broad SMARTS) is 1. The summed E-state index contributed by atoms with van der Waals surface area (Å²) < 4.78 is 15.9. The molecule has 7 heteroatoms. The van der Waals surface area contributed by atoms with Gasteiger partial charge in [0.25, 0.3) is 0 Å². The van der Waals surface area contributed by atoms with Crippen molar-refractivity contribution in [2.45, 2.75) is 63.5 Å². The Hall–Kier alpha value is -2.51. The lowest BCUT2D eigenvalue weighted by molar-refractivity contribution is -0.151. The molecule has 1 aliphatic carbocycles. The topological polar surface area (TPSA) is 90.4 Å². The second-order valence-corrected chi connectivity index (χ2v) is 7.94. The van der Waals surface area contributed by atoms with Crippen molar-refractivity contribution in [1.82, 2.24) is 9.55 Å². The summed E-state index contributed by atoms with van der Waals surface area (Å²) in [6, 6.07) is 6.70. The molecule has 1 aromatic heterocycles. The number of rotatable bonds is 10. The molecule has 0 spiro atoms. The van der Waals surface area contributed by atoms with Gasteiger partial charge in [-0.25, -0.2) is 20.1 Å². The lowest BCUT2D eigenvalue weighted by Gasteiger charge is -2.31. The van der Waals surface area contributed by atoms with E-state index in [1.54, 1.807) is 24.7 Å². The molecule has 162 valence electrons. The molecule has 2 aromatic rings. The maximum absolute atomic E-state index is 13.8. The van der Waals surface area contributed by atoms with Crippen molar-refractivity contribution in [2.75, 3.05) is 0 Å². The number of aromatic nitrogens is 2. The molecule has 0 aliphatic heterocycles. The Balaban J connectivity index is 1.89. The Morgan fingerprint density at radius 1 is 1.37 bits per heavy atom. The van der Waals surface area contributed by atoms with E-state index in [0.29, 0.717) is 25.2 Å². The van der Waals surface area contributed by atoms with Gasteiger partial charge in [-0.15, -0.1) is 0 Å². The van der Waals surface area contributed by atoms with Crippen molar-refractivity contribution in [1.29, 1.82) is 0 Å². The van der Waals surface area contributed by atoms with Gasteiger partial charge < -0.3 is 9.67 Å². The summed E-state index contributed by atoms with van der Waals surface area (Å²) in [6.45, 7) is 0. The van der Waals surface area contributed by atoms with Crippen molar-refractivity contribution >= 4 is 5.97 Å². The highest BCUT2D eigenvalue weighted by molar-refractivity contribution is 5.72. The van der Waals surface area contributed by atoms with Crippen molar-refractivity contribution in [3.05, 3.63) is 66.0 Å². The van der Waals surface area contributed by atoms with Crippen LogP contribution in [0.3, 0.4) is 0 Å². The average Bonchev–Trinajstić information content (AvgIpc) is 3.28. The molecule has 2 atom stereocenters. The average molecular weight is 416 g/mol. The zero-order valence-corrected chi connectivity index (χ0v) is 17.1. The summed E-state index contributed by atoms with van der Waals surface area (Å²) >= 11 is 0. The quantitative estimate of drug-likeness (QED) is 0.442. The van der Waals surface area contributed by atoms with E-state index in [9.17, 15) is 14.3 Å². The molecule has 1 heterocycles. The van der Waals surface area contributed by atoms with Crippen molar-refractivity contribution < 1.29 is 19.1 Å². The summed E-state index contributed by atoms with van der Waals surface area (Å²) in [7, 11) is 0. The fraction of sp³-hybridized carbons (Fsp3) is 0.478. The van der Waals surface area contributed by atoms with Gasteiger partial charge in [0.1, 0.15) is 5.82 Å². The number of halogens is 1. The third kappa shape index (κ3) is 6.00. The molecule has 1 fully saturated rings. The molecule has 2 unspecified atom stereocenters. The highest BCUT2D eigenvalue weighted by Crippen LogP contribution is 2.37. The van der Waals surface area contributed by atoms with Crippen molar-refractivity contribution in [3.63, 3.8) is 0 Å². The summed E-state index contributed by atoms with van der Waals surface area (Å²) in [5, 5.41) is 9.19. The van der Waals surface area contributed by atoms with Crippen molar-refractivity contribution in [2.24, 2.45) is 11.8 Å². The van der Waals surface area contributed by atoms with Gasteiger partial charge in [0.15, 0.2) is 6.10 Å². The summed E-state index contributed by atoms with van der Waals surface area (Å²) in [6.07, 6.45) is 13.9. The highest BCUT2D eigenvalue weighted by Gasteiger charge is 2.26.